The summed E-state index contributed by atoms with van der Waals surface area (Å²) in [5.41, 5.74) is 5.17. The number of benzene rings is 2. The standard InChI is InChI=1S/C23H29N3O3.ClH/c1-16-5-11-21(20-10-12-22(28)26-23(16)20)29-15-14-24-13-3-4-18-6-8-19(9-7-18)25-17(2)27;/h5-9,11,24H,3-4,10,12-15H2,1-2H3,(H,25,27)(H,26,28);1H. The lowest BCUT2D eigenvalue weighted by molar-refractivity contribution is -0.116. The van der Waals surface area contributed by atoms with E-state index in [2.05, 4.69) is 16.0 Å². The molecule has 162 valence electrons. The van der Waals surface area contributed by atoms with Crippen molar-refractivity contribution in [1.82, 2.24) is 5.32 Å². The van der Waals surface area contributed by atoms with Crippen LogP contribution in [0.25, 0.3) is 0 Å². The monoisotopic (exact) mass is 431 g/mol. The molecule has 0 aliphatic carbocycles. The topological polar surface area (TPSA) is 79.5 Å². The molecular weight excluding hydrogens is 402 g/mol. The molecule has 2 amide bonds. The maximum Gasteiger partial charge on any atom is 0.224 e. The molecule has 2 aromatic rings. The first-order chi connectivity index (χ1) is 14.0. The number of hydrogen-bond donors (Lipinski definition) is 3. The molecule has 0 saturated carbocycles. The molecule has 2 aromatic carbocycles. The van der Waals surface area contributed by atoms with E-state index in [4.69, 9.17) is 4.74 Å². The van der Waals surface area contributed by atoms with E-state index in [1.54, 1.807) is 0 Å². The fourth-order valence-corrected chi connectivity index (χ4v) is 3.48. The Balaban J connectivity index is 0.00000320. The Labute approximate surface area is 184 Å². The predicted octanol–water partition coefficient (Wildman–Crippen LogP) is 3.86. The summed E-state index contributed by atoms with van der Waals surface area (Å²) in [4.78, 5) is 22.7. The van der Waals surface area contributed by atoms with Crippen LogP contribution < -0.4 is 20.7 Å². The summed E-state index contributed by atoms with van der Waals surface area (Å²) in [6, 6.07) is 12.0. The van der Waals surface area contributed by atoms with E-state index in [0.29, 0.717) is 13.0 Å². The summed E-state index contributed by atoms with van der Waals surface area (Å²) in [6.07, 6.45) is 3.26. The largest absolute Gasteiger partial charge is 0.492 e. The molecule has 30 heavy (non-hydrogen) atoms. The number of carbonyl (C=O) groups is 2. The van der Waals surface area contributed by atoms with Gasteiger partial charge in [-0.15, -0.1) is 12.4 Å². The summed E-state index contributed by atoms with van der Waals surface area (Å²) in [5, 5.41) is 9.14. The van der Waals surface area contributed by atoms with Crippen LogP contribution in [0.1, 0.15) is 36.5 Å². The van der Waals surface area contributed by atoms with Crippen molar-refractivity contribution < 1.29 is 14.3 Å². The number of aryl methyl sites for hydroxylation is 2. The predicted molar refractivity (Wildman–Crippen MR) is 123 cm³/mol. The van der Waals surface area contributed by atoms with Gasteiger partial charge < -0.3 is 20.7 Å². The van der Waals surface area contributed by atoms with Gasteiger partial charge in [-0.3, -0.25) is 9.59 Å². The van der Waals surface area contributed by atoms with Crippen LogP contribution in [0.15, 0.2) is 36.4 Å². The molecule has 0 atom stereocenters. The summed E-state index contributed by atoms with van der Waals surface area (Å²) in [5.74, 6) is 0.885. The van der Waals surface area contributed by atoms with Crippen LogP contribution in [0, 0.1) is 6.92 Å². The summed E-state index contributed by atoms with van der Waals surface area (Å²) in [7, 11) is 0. The quantitative estimate of drug-likeness (QED) is 0.527. The van der Waals surface area contributed by atoms with E-state index in [1.165, 1.54) is 12.5 Å². The minimum atomic E-state index is -0.0555. The summed E-state index contributed by atoms with van der Waals surface area (Å²) >= 11 is 0. The molecule has 0 bridgehead atoms. The van der Waals surface area contributed by atoms with Gasteiger partial charge in [0.25, 0.3) is 0 Å². The summed E-state index contributed by atoms with van der Waals surface area (Å²) < 4.78 is 5.96. The van der Waals surface area contributed by atoms with Crippen LogP contribution in [0.3, 0.4) is 0 Å². The van der Waals surface area contributed by atoms with Crippen LogP contribution >= 0.6 is 12.4 Å². The number of amides is 2. The number of nitrogens with one attached hydrogen (secondary N) is 3. The van der Waals surface area contributed by atoms with E-state index in [-0.39, 0.29) is 24.2 Å². The number of carbonyl (C=O) groups excluding carboxylic acids is 2. The fraction of sp³-hybridized carbons (Fsp3) is 0.391. The molecule has 0 radical (unpaired) electrons. The zero-order chi connectivity index (χ0) is 20.6. The number of ether oxygens (including phenoxy) is 1. The van der Waals surface area contributed by atoms with Gasteiger partial charge in [-0.05, 0) is 62.1 Å². The molecule has 6 nitrogen and oxygen atoms in total. The van der Waals surface area contributed by atoms with Crippen molar-refractivity contribution in [3.63, 3.8) is 0 Å². The van der Waals surface area contributed by atoms with Crippen LogP contribution in [-0.4, -0.2) is 31.5 Å². The number of hydrogen-bond acceptors (Lipinski definition) is 4. The van der Waals surface area contributed by atoms with E-state index < -0.39 is 0 Å². The number of anilines is 2. The second-order valence-corrected chi connectivity index (χ2v) is 7.36. The average molecular weight is 432 g/mol. The molecule has 3 rings (SSSR count). The Morgan fingerprint density at radius 2 is 1.87 bits per heavy atom. The molecule has 1 aliphatic heterocycles. The second kappa shape index (κ2) is 11.6. The second-order valence-electron chi connectivity index (χ2n) is 7.36. The highest BCUT2D eigenvalue weighted by molar-refractivity contribution is 5.95. The molecule has 1 heterocycles. The van der Waals surface area contributed by atoms with E-state index >= 15 is 0 Å². The van der Waals surface area contributed by atoms with Crippen molar-refractivity contribution in [3.8, 4) is 5.75 Å². The van der Waals surface area contributed by atoms with Crippen LogP contribution in [0.2, 0.25) is 0 Å². The number of fused-ring (bicyclic) bond motifs is 1. The third-order valence-electron chi connectivity index (χ3n) is 4.97. The van der Waals surface area contributed by atoms with Gasteiger partial charge in [0.05, 0.1) is 5.69 Å². The lowest BCUT2D eigenvalue weighted by atomic mass is 9.98. The minimum Gasteiger partial charge on any atom is -0.492 e. The van der Waals surface area contributed by atoms with Crippen LogP contribution in [0.4, 0.5) is 11.4 Å². The zero-order valence-corrected chi connectivity index (χ0v) is 18.4. The highest BCUT2D eigenvalue weighted by Crippen LogP contribution is 2.33. The molecule has 0 saturated heterocycles. The van der Waals surface area contributed by atoms with Gasteiger partial charge in [-0.25, -0.2) is 0 Å². The lowest BCUT2D eigenvalue weighted by Crippen LogP contribution is -2.24. The van der Waals surface area contributed by atoms with Gasteiger partial charge in [0, 0.05) is 31.1 Å². The van der Waals surface area contributed by atoms with Gasteiger partial charge in [0.15, 0.2) is 0 Å². The summed E-state index contributed by atoms with van der Waals surface area (Å²) in [6.45, 7) is 5.79. The normalized spacial score (nSPS) is 12.4. The lowest BCUT2D eigenvalue weighted by Gasteiger charge is -2.22. The Kier molecular flexibility index (Phi) is 9.15. The van der Waals surface area contributed by atoms with E-state index in [1.807, 2.05) is 43.3 Å². The van der Waals surface area contributed by atoms with Crippen molar-refractivity contribution in [1.29, 1.82) is 0 Å². The first kappa shape index (κ1) is 23.7. The molecule has 0 unspecified atom stereocenters. The molecule has 0 spiro atoms. The fourth-order valence-electron chi connectivity index (χ4n) is 3.48. The maximum absolute atomic E-state index is 11.6. The average Bonchev–Trinajstić information content (AvgIpc) is 2.70. The smallest absolute Gasteiger partial charge is 0.224 e. The van der Waals surface area contributed by atoms with Gasteiger partial charge in [-0.1, -0.05) is 18.2 Å². The van der Waals surface area contributed by atoms with Crippen LogP contribution in [-0.2, 0) is 22.4 Å². The Bertz CT molecular complexity index is 869. The Morgan fingerprint density at radius 3 is 2.60 bits per heavy atom. The highest BCUT2D eigenvalue weighted by atomic mass is 35.5. The van der Waals surface area contributed by atoms with Crippen molar-refractivity contribution in [3.05, 3.63) is 53.1 Å². The maximum atomic E-state index is 11.6. The van der Waals surface area contributed by atoms with Gasteiger partial charge in [0.2, 0.25) is 11.8 Å². The van der Waals surface area contributed by atoms with E-state index in [0.717, 1.165) is 60.6 Å². The molecule has 1 aliphatic rings. The number of rotatable bonds is 9. The van der Waals surface area contributed by atoms with Crippen molar-refractivity contribution >= 4 is 35.6 Å². The zero-order valence-electron chi connectivity index (χ0n) is 17.5. The first-order valence-electron chi connectivity index (χ1n) is 10.2. The van der Waals surface area contributed by atoms with Gasteiger partial charge >= 0.3 is 0 Å². The Morgan fingerprint density at radius 1 is 1.10 bits per heavy atom. The SMILES string of the molecule is CC(=O)Nc1ccc(CCCNCCOc2ccc(C)c3c2CCC(=O)N3)cc1.Cl. The van der Waals surface area contributed by atoms with Crippen molar-refractivity contribution in [2.45, 2.75) is 39.5 Å². The van der Waals surface area contributed by atoms with E-state index in [9.17, 15) is 9.59 Å². The molecule has 0 fully saturated rings. The van der Waals surface area contributed by atoms with Crippen molar-refractivity contribution in [2.24, 2.45) is 0 Å². The molecule has 7 heteroatoms. The van der Waals surface area contributed by atoms with Crippen LogP contribution in [0.5, 0.6) is 5.75 Å². The molecule has 0 aromatic heterocycles. The third kappa shape index (κ3) is 6.75. The van der Waals surface area contributed by atoms with Crippen molar-refractivity contribution in [2.75, 3.05) is 30.3 Å². The van der Waals surface area contributed by atoms with Gasteiger partial charge in [-0.2, -0.15) is 0 Å². The van der Waals surface area contributed by atoms with Gasteiger partial charge in [0.1, 0.15) is 12.4 Å². The molecule has 3 N–H and O–H groups in total. The Hall–Kier alpha value is -2.57. The minimum absolute atomic E-state index is 0. The third-order valence-corrected chi connectivity index (χ3v) is 4.97. The molecular formula is C23H30ClN3O3. The first-order valence-corrected chi connectivity index (χ1v) is 10.2. The highest BCUT2D eigenvalue weighted by Gasteiger charge is 2.20. The number of halogens is 1.